The van der Waals surface area contributed by atoms with Crippen LogP contribution < -0.4 is 0 Å². The molecule has 1 rings (SSSR count). The maximum Gasteiger partial charge on any atom is 0.161 e. The monoisotopic (exact) mass is 204 g/mol. The normalized spacial score (nSPS) is 9.56. The third-order valence-corrected chi connectivity index (χ3v) is 2.84. The van der Waals surface area contributed by atoms with Crippen LogP contribution in [0.2, 0.25) is 0 Å². The van der Waals surface area contributed by atoms with Gasteiger partial charge in [0.1, 0.15) is 0 Å². The van der Waals surface area contributed by atoms with Gasteiger partial charge >= 0.3 is 0 Å². The van der Waals surface area contributed by atoms with Gasteiger partial charge in [0.05, 0.1) is 4.88 Å². The first kappa shape index (κ1) is 6.96. The molecule has 0 atom stereocenters. The molecular formula is C6H5BrOS. The standard InChI is InChI=1S/C6H5BrOS/c1-4-2-5(7)6(3-8)9-4/h2-3H,1H3. The van der Waals surface area contributed by atoms with Gasteiger partial charge in [-0.25, -0.2) is 0 Å². The Morgan fingerprint density at radius 3 is 2.67 bits per heavy atom. The fraction of sp³-hybridized carbons (Fsp3) is 0.167. The van der Waals surface area contributed by atoms with Gasteiger partial charge in [-0.2, -0.15) is 0 Å². The molecule has 0 N–H and O–H groups in total. The third kappa shape index (κ3) is 1.40. The Labute approximate surface area is 65.8 Å². The first-order valence-electron chi connectivity index (χ1n) is 2.45. The molecule has 0 unspecified atom stereocenters. The highest BCUT2D eigenvalue weighted by molar-refractivity contribution is 9.10. The number of thiophene rings is 1. The third-order valence-electron chi connectivity index (χ3n) is 0.943. The number of carbonyl (C=O) groups excluding carboxylic acids is 1. The second kappa shape index (κ2) is 2.62. The fourth-order valence-corrected chi connectivity index (χ4v) is 2.14. The Morgan fingerprint density at radius 2 is 2.44 bits per heavy atom. The number of hydrogen-bond donors (Lipinski definition) is 0. The van der Waals surface area contributed by atoms with E-state index in [1.165, 1.54) is 11.3 Å². The predicted molar refractivity (Wildman–Crippen MR) is 42.1 cm³/mol. The van der Waals surface area contributed by atoms with Crippen molar-refractivity contribution in [3.8, 4) is 0 Å². The lowest BCUT2D eigenvalue weighted by Crippen LogP contribution is -1.66. The van der Waals surface area contributed by atoms with Gasteiger partial charge in [0.2, 0.25) is 0 Å². The van der Waals surface area contributed by atoms with Gasteiger partial charge in [-0.3, -0.25) is 4.79 Å². The first-order valence-corrected chi connectivity index (χ1v) is 4.06. The van der Waals surface area contributed by atoms with Crippen LogP contribution in [0, 0.1) is 6.92 Å². The minimum atomic E-state index is 0.771. The summed E-state index contributed by atoms with van der Waals surface area (Å²) in [5, 5.41) is 0. The van der Waals surface area contributed by atoms with Crippen LogP contribution in [-0.4, -0.2) is 6.29 Å². The number of aldehydes is 1. The molecule has 1 nitrogen and oxygen atoms in total. The Morgan fingerprint density at radius 1 is 1.78 bits per heavy atom. The average Bonchev–Trinajstić information content (AvgIpc) is 2.10. The highest BCUT2D eigenvalue weighted by atomic mass is 79.9. The van der Waals surface area contributed by atoms with E-state index >= 15 is 0 Å². The Hall–Kier alpha value is -0.150. The van der Waals surface area contributed by atoms with Crippen molar-refractivity contribution in [1.82, 2.24) is 0 Å². The van der Waals surface area contributed by atoms with Gasteiger partial charge in [0.25, 0.3) is 0 Å². The lowest BCUT2D eigenvalue weighted by molar-refractivity contribution is 0.112. The van der Waals surface area contributed by atoms with Crippen LogP contribution in [0.1, 0.15) is 14.5 Å². The number of aryl methyl sites for hydroxylation is 1. The molecule has 0 saturated carbocycles. The second-order valence-electron chi connectivity index (χ2n) is 1.69. The van der Waals surface area contributed by atoms with Gasteiger partial charge in [0, 0.05) is 9.35 Å². The van der Waals surface area contributed by atoms with Crippen molar-refractivity contribution >= 4 is 33.6 Å². The molecule has 1 aromatic heterocycles. The molecule has 0 aromatic carbocycles. The van der Waals surface area contributed by atoms with E-state index in [-0.39, 0.29) is 0 Å². The minimum absolute atomic E-state index is 0.771. The van der Waals surface area contributed by atoms with Crippen LogP contribution >= 0.6 is 27.3 Å². The molecule has 0 saturated heterocycles. The van der Waals surface area contributed by atoms with Crippen molar-refractivity contribution in [2.45, 2.75) is 6.92 Å². The summed E-state index contributed by atoms with van der Waals surface area (Å²) in [5.41, 5.74) is 0. The number of rotatable bonds is 1. The second-order valence-corrected chi connectivity index (χ2v) is 3.83. The predicted octanol–water partition coefficient (Wildman–Crippen LogP) is 2.63. The maximum absolute atomic E-state index is 10.2. The van der Waals surface area contributed by atoms with Crippen LogP contribution in [0.15, 0.2) is 10.5 Å². The summed E-state index contributed by atoms with van der Waals surface area (Å²) in [5.74, 6) is 0. The van der Waals surface area contributed by atoms with Crippen molar-refractivity contribution in [3.63, 3.8) is 0 Å². The van der Waals surface area contributed by atoms with E-state index in [0.29, 0.717) is 0 Å². The quantitative estimate of drug-likeness (QED) is 0.644. The summed E-state index contributed by atoms with van der Waals surface area (Å²) in [6.45, 7) is 1.97. The highest BCUT2D eigenvalue weighted by Gasteiger charge is 2.00. The van der Waals surface area contributed by atoms with E-state index in [0.717, 1.165) is 20.5 Å². The Balaban J connectivity index is 3.15. The maximum atomic E-state index is 10.2. The molecule has 0 bridgehead atoms. The van der Waals surface area contributed by atoms with E-state index in [1.54, 1.807) is 0 Å². The summed E-state index contributed by atoms with van der Waals surface area (Å²) < 4.78 is 0.903. The van der Waals surface area contributed by atoms with E-state index in [1.807, 2.05) is 13.0 Å². The molecule has 0 fully saturated rings. The van der Waals surface area contributed by atoms with Crippen molar-refractivity contribution in [3.05, 3.63) is 20.3 Å². The summed E-state index contributed by atoms with van der Waals surface area (Å²) in [6, 6.07) is 1.94. The zero-order chi connectivity index (χ0) is 6.85. The molecule has 1 aromatic rings. The van der Waals surface area contributed by atoms with Crippen LogP contribution in [0.4, 0.5) is 0 Å². The zero-order valence-electron chi connectivity index (χ0n) is 4.85. The average molecular weight is 205 g/mol. The summed E-state index contributed by atoms with van der Waals surface area (Å²) in [6.07, 6.45) is 0.863. The van der Waals surface area contributed by atoms with Crippen LogP contribution in [0.3, 0.4) is 0 Å². The molecule has 48 valence electrons. The summed E-state index contributed by atoms with van der Waals surface area (Å²) >= 11 is 4.76. The van der Waals surface area contributed by atoms with Crippen molar-refractivity contribution < 1.29 is 4.79 Å². The Kier molecular flexibility index (Phi) is 2.03. The van der Waals surface area contributed by atoms with E-state index in [4.69, 9.17) is 0 Å². The lowest BCUT2D eigenvalue weighted by Gasteiger charge is -1.76. The molecule has 0 aliphatic carbocycles. The van der Waals surface area contributed by atoms with Crippen molar-refractivity contribution in [2.75, 3.05) is 0 Å². The van der Waals surface area contributed by atoms with Crippen LogP contribution in [-0.2, 0) is 0 Å². The molecule has 0 aliphatic rings. The van der Waals surface area contributed by atoms with Gasteiger partial charge in [0.15, 0.2) is 6.29 Å². The van der Waals surface area contributed by atoms with E-state index < -0.39 is 0 Å². The van der Waals surface area contributed by atoms with E-state index in [2.05, 4.69) is 15.9 Å². The zero-order valence-corrected chi connectivity index (χ0v) is 7.25. The van der Waals surface area contributed by atoms with Gasteiger partial charge in [-0.15, -0.1) is 11.3 Å². The molecule has 0 spiro atoms. The lowest BCUT2D eigenvalue weighted by atomic mass is 10.4. The SMILES string of the molecule is Cc1cc(Br)c(C=O)s1. The first-order chi connectivity index (χ1) is 4.24. The smallest absolute Gasteiger partial charge is 0.161 e. The summed E-state index contributed by atoms with van der Waals surface area (Å²) in [4.78, 5) is 12.1. The van der Waals surface area contributed by atoms with Gasteiger partial charge < -0.3 is 0 Å². The summed E-state index contributed by atoms with van der Waals surface area (Å²) in [7, 11) is 0. The molecule has 0 aliphatic heterocycles. The number of carbonyl (C=O) groups is 1. The number of hydrogen-bond acceptors (Lipinski definition) is 2. The Bertz CT molecular complexity index is 229. The molecule has 9 heavy (non-hydrogen) atoms. The number of halogens is 1. The largest absolute Gasteiger partial charge is 0.297 e. The van der Waals surface area contributed by atoms with E-state index in [9.17, 15) is 4.79 Å². The van der Waals surface area contributed by atoms with Crippen LogP contribution in [0.5, 0.6) is 0 Å². The van der Waals surface area contributed by atoms with Crippen molar-refractivity contribution in [2.24, 2.45) is 0 Å². The van der Waals surface area contributed by atoms with Crippen molar-refractivity contribution in [1.29, 1.82) is 0 Å². The van der Waals surface area contributed by atoms with Crippen LogP contribution in [0.25, 0.3) is 0 Å². The fourth-order valence-electron chi connectivity index (χ4n) is 0.582. The highest BCUT2D eigenvalue weighted by Crippen LogP contribution is 2.24. The molecular weight excluding hydrogens is 200 g/mol. The molecule has 3 heteroatoms. The molecule has 0 amide bonds. The minimum Gasteiger partial charge on any atom is -0.297 e. The van der Waals surface area contributed by atoms with Gasteiger partial charge in [-0.05, 0) is 28.9 Å². The van der Waals surface area contributed by atoms with Gasteiger partial charge in [-0.1, -0.05) is 0 Å². The molecule has 0 radical (unpaired) electrons. The topological polar surface area (TPSA) is 17.1 Å². The molecule has 1 heterocycles.